The minimum Gasteiger partial charge on any atom is -0.496 e. The van der Waals surface area contributed by atoms with Crippen molar-refractivity contribution < 1.29 is 33.3 Å². The maximum absolute atomic E-state index is 12.1. The van der Waals surface area contributed by atoms with Crippen LogP contribution in [0.25, 0.3) is 0 Å². The third kappa shape index (κ3) is 5.54. The van der Waals surface area contributed by atoms with Gasteiger partial charge in [-0.3, -0.25) is 10.1 Å². The third-order valence-electron chi connectivity index (χ3n) is 3.04. The second-order valence-corrected chi connectivity index (χ2v) is 4.69. The van der Waals surface area contributed by atoms with Crippen molar-refractivity contribution >= 4 is 18.0 Å². The molecule has 0 aliphatic heterocycles. The van der Waals surface area contributed by atoms with Crippen LogP contribution in [0.15, 0.2) is 18.2 Å². The highest BCUT2D eigenvalue weighted by Crippen LogP contribution is 2.21. The van der Waals surface area contributed by atoms with Gasteiger partial charge in [-0.15, -0.1) is 0 Å². The zero-order valence-corrected chi connectivity index (χ0v) is 14.1. The van der Waals surface area contributed by atoms with Gasteiger partial charge in [-0.05, 0) is 32.0 Å². The third-order valence-corrected chi connectivity index (χ3v) is 3.04. The zero-order chi connectivity index (χ0) is 18.1. The number of esters is 1. The second-order valence-electron chi connectivity index (χ2n) is 4.69. The van der Waals surface area contributed by atoms with Crippen molar-refractivity contribution in [3.8, 4) is 5.75 Å². The molecule has 0 heterocycles. The molecular weight excluding hydrogens is 318 g/mol. The lowest BCUT2D eigenvalue weighted by atomic mass is 10.1. The Balaban J connectivity index is 2.79. The summed E-state index contributed by atoms with van der Waals surface area (Å²) in [7, 11) is 2.64. The van der Waals surface area contributed by atoms with Crippen LogP contribution in [0.1, 0.15) is 29.8 Å². The fourth-order valence-corrected chi connectivity index (χ4v) is 1.77. The van der Waals surface area contributed by atoms with Crippen molar-refractivity contribution in [2.45, 2.75) is 26.6 Å². The van der Waals surface area contributed by atoms with Crippen molar-refractivity contribution in [1.82, 2.24) is 5.32 Å². The van der Waals surface area contributed by atoms with E-state index >= 15 is 0 Å². The Morgan fingerprint density at radius 3 is 2.50 bits per heavy atom. The molecular formula is C16H21NO7. The Kier molecular flexibility index (Phi) is 7.70. The normalized spacial score (nSPS) is 11.3. The topological polar surface area (TPSA) is 100 Å². The van der Waals surface area contributed by atoms with Crippen LogP contribution in [0, 0.1) is 0 Å². The number of methoxy groups -OCH3 is 2. The summed E-state index contributed by atoms with van der Waals surface area (Å²) in [6.07, 6.45) is -2.08. The maximum Gasteiger partial charge on any atom is 0.413 e. The molecule has 0 unspecified atom stereocenters. The smallest absolute Gasteiger partial charge is 0.413 e. The fourth-order valence-electron chi connectivity index (χ4n) is 1.77. The zero-order valence-electron chi connectivity index (χ0n) is 14.1. The van der Waals surface area contributed by atoms with Crippen LogP contribution in [-0.2, 0) is 25.6 Å². The van der Waals surface area contributed by atoms with Crippen molar-refractivity contribution in [3.05, 3.63) is 29.3 Å². The number of carbonyl (C=O) groups is 3. The summed E-state index contributed by atoms with van der Waals surface area (Å²) in [6.45, 7) is 3.99. The summed E-state index contributed by atoms with van der Waals surface area (Å²) in [6, 6.07) is 4.70. The number of hydrogen-bond donors (Lipinski definition) is 1. The Morgan fingerprint density at radius 1 is 1.21 bits per heavy atom. The van der Waals surface area contributed by atoms with Gasteiger partial charge in [0.2, 0.25) is 0 Å². The summed E-state index contributed by atoms with van der Waals surface area (Å²) in [5.41, 5.74) is 0.920. The van der Waals surface area contributed by atoms with Crippen LogP contribution >= 0.6 is 0 Å². The minimum atomic E-state index is -1.16. The van der Waals surface area contributed by atoms with E-state index in [0.29, 0.717) is 17.9 Å². The molecule has 1 atom stereocenters. The molecule has 0 aliphatic carbocycles. The molecule has 1 N–H and O–H groups in total. The quantitative estimate of drug-likeness (QED) is 0.754. The molecule has 1 rings (SSSR count). The maximum atomic E-state index is 12.1. The molecule has 0 spiro atoms. The van der Waals surface area contributed by atoms with Crippen molar-refractivity contribution in [2.75, 3.05) is 20.8 Å². The molecule has 0 aliphatic rings. The lowest BCUT2D eigenvalue weighted by Crippen LogP contribution is -2.39. The molecule has 0 fully saturated rings. The van der Waals surface area contributed by atoms with Gasteiger partial charge < -0.3 is 18.9 Å². The highest BCUT2D eigenvalue weighted by atomic mass is 16.6. The number of alkyl carbamates (subject to hydrolysis) is 1. The highest BCUT2D eigenvalue weighted by molar-refractivity contribution is 5.97. The molecule has 8 heteroatoms. The molecule has 0 bridgehead atoms. The molecule has 132 valence electrons. The number of hydrogen-bond acceptors (Lipinski definition) is 7. The Bertz CT molecular complexity index is 600. The molecule has 8 nitrogen and oxygen atoms in total. The van der Waals surface area contributed by atoms with Crippen molar-refractivity contribution in [2.24, 2.45) is 0 Å². The summed E-state index contributed by atoms with van der Waals surface area (Å²) < 4.78 is 19.9. The first-order chi connectivity index (χ1) is 11.4. The van der Waals surface area contributed by atoms with E-state index in [4.69, 9.17) is 14.2 Å². The van der Waals surface area contributed by atoms with Crippen LogP contribution in [0.5, 0.6) is 5.75 Å². The number of nitrogens with one attached hydrogen (secondary N) is 1. The Labute approximate surface area is 140 Å². The molecule has 0 radical (unpaired) electrons. The number of ether oxygens (including phenoxy) is 4. The molecule has 0 aromatic heterocycles. The molecule has 2 amide bonds. The lowest BCUT2D eigenvalue weighted by molar-refractivity contribution is -0.128. The van der Waals surface area contributed by atoms with Gasteiger partial charge in [0.05, 0.1) is 26.4 Å². The SMILES string of the molecule is CCOCc1cc(C(=O)O[C@H](C)C(=O)NC(=O)OC)ccc1OC. The van der Waals surface area contributed by atoms with Gasteiger partial charge in [-0.25, -0.2) is 9.59 Å². The van der Waals surface area contributed by atoms with Crippen LogP contribution in [-0.4, -0.2) is 44.9 Å². The summed E-state index contributed by atoms with van der Waals surface area (Å²) in [5.74, 6) is -0.905. The predicted molar refractivity (Wildman–Crippen MR) is 83.7 cm³/mol. The molecule has 0 saturated carbocycles. The van der Waals surface area contributed by atoms with Gasteiger partial charge in [0.25, 0.3) is 5.91 Å². The second kappa shape index (κ2) is 9.51. The first kappa shape index (κ1) is 19.4. The number of rotatable bonds is 7. The van der Waals surface area contributed by atoms with E-state index in [1.165, 1.54) is 20.1 Å². The molecule has 24 heavy (non-hydrogen) atoms. The van der Waals surface area contributed by atoms with E-state index in [1.54, 1.807) is 12.1 Å². The first-order valence-corrected chi connectivity index (χ1v) is 7.27. The average molecular weight is 339 g/mol. The minimum absolute atomic E-state index is 0.239. The summed E-state index contributed by atoms with van der Waals surface area (Å²) in [4.78, 5) is 34.8. The fraction of sp³-hybridized carbons (Fsp3) is 0.438. The average Bonchev–Trinajstić information content (AvgIpc) is 2.59. The Hall–Kier alpha value is -2.61. The van der Waals surface area contributed by atoms with Crippen molar-refractivity contribution in [3.63, 3.8) is 0 Å². The van der Waals surface area contributed by atoms with E-state index in [2.05, 4.69) is 4.74 Å². The number of benzene rings is 1. The van der Waals surface area contributed by atoms with E-state index < -0.39 is 24.1 Å². The van der Waals surface area contributed by atoms with Gasteiger partial charge in [-0.1, -0.05) is 0 Å². The standard InChI is InChI=1S/C16H21NO7/c1-5-23-9-12-8-11(6-7-13(12)21-3)15(19)24-10(2)14(18)17-16(20)22-4/h6-8,10H,5,9H2,1-4H3,(H,17,18,20)/t10-/m1/s1. The van der Waals surface area contributed by atoms with Crippen molar-refractivity contribution in [1.29, 1.82) is 0 Å². The number of amides is 2. The van der Waals surface area contributed by atoms with E-state index in [0.717, 1.165) is 7.11 Å². The van der Waals surface area contributed by atoms with Crippen LogP contribution in [0.4, 0.5) is 4.79 Å². The van der Waals surface area contributed by atoms with E-state index in [9.17, 15) is 14.4 Å². The first-order valence-electron chi connectivity index (χ1n) is 7.27. The predicted octanol–water partition coefficient (Wildman–Crippen LogP) is 1.66. The van der Waals surface area contributed by atoms with E-state index in [1.807, 2.05) is 12.2 Å². The van der Waals surface area contributed by atoms with Crippen LogP contribution in [0.3, 0.4) is 0 Å². The molecule has 1 aromatic rings. The van der Waals surface area contributed by atoms with Gasteiger partial charge in [-0.2, -0.15) is 0 Å². The Morgan fingerprint density at radius 2 is 1.92 bits per heavy atom. The van der Waals surface area contributed by atoms with Crippen LogP contribution < -0.4 is 10.1 Å². The van der Waals surface area contributed by atoms with Gasteiger partial charge in [0.15, 0.2) is 6.10 Å². The summed E-state index contributed by atoms with van der Waals surface area (Å²) >= 11 is 0. The number of carbonyl (C=O) groups excluding carboxylic acids is 3. The highest BCUT2D eigenvalue weighted by Gasteiger charge is 2.21. The van der Waals surface area contributed by atoms with Gasteiger partial charge >= 0.3 is 12.1 Å². The van der Waals surface area contributed by atoms with Gasteiger partial charge in [0.1, 0.15) is 5.75 Å². The monoisotopic (exact) mass is 339 g/mol. The number of imide groups is 1. The van der Waals surface area contributed by atoms with E-state index in [-0.39, 0.29) is 12.2 Å². The molecule has 1 aromatic carbocycles. The molecule has 0 saturated heterocycles. The largest absolute Gasteiger partial charge is 0.496 e. The lowest BCUT2D eigenvalue weighted by Gasteiger charge is -2.14. The summed E-state index contributed by atoms with van der Waals surface area (Å²) in [5, 5.41) is 1.93. The van der Waals surface area contributed by atoms with Gasteiger partial charge in [0, 0.05) is 12.2 Å². The van der Waals surface area contributed by atoms with Crippen LogP contribution in [0.2, 0.25) is 0 Å².